The molecule has 4 bridgehead atoms. The number of hydrogen-bond donors (Lipinski definition) is 0. The molecule has 6 aliphatic rings. The van der Waals surface area contributed by atoms with Gasteiger partial charge in [0.05, 0.1) is 0 Å². The quantitative estimate of drug-likeness (QED) is 0.783. The van der Waals surface area contributed by atoms with Crippen molar-refractivity contribution in [3.8, 4) is 0 Å². The molecule has 6 rings (SSSR count). The molecule has 122 valence electrons. The van der Waals surface area contributed by atoms with Gasteiger partial charge in [-0.05, 0) is 88.1 Å². The van der Waals surface area contributed by atoms with Crippen molar-refractivity contribution in [3.05, 3.63) is 0 Å². The van der Waals surface area contributed by atoms with Crippen LogP contribution in [0, 0.1) is 29.6 Å². The van der Waals surface area contributed by atoms with Crippen molar-refractivity contribution in [1.82, 2.24) is 9.80 Å². The summed E-state index contributed by atoms with van der Waals surface area (Å²) in [6, 6.07) is 0.670. The molecule has 22 heavy (non-hydrogen) atoms. The summed E-state index contributed by atoms with van der Waals surface area (Å²) in [6.45, 7) is 4.60. The van der Waals surface area contributed by atoms with Crippen molar-refractivity contribution in [2.45, 2.75) is 57.4 Å². The Labute approximate surface area is 134 Å². The second-order valence-electron chi connectivity index (χ2n) is 8.93. The lowest BCUT2D eigenvalue weighted by atomic mass is 9.51. The minimum atomic E-state index is 0.408. The number of rotatable bonds is 2. The van der Waals surface area contributed by atoms with Crippen LogP contribution in [0.2, 0.25) is 0 Å². The van der Waals surface area contributed by atoms with Crippen molar-refractivity contribution in [1.29, 1.82) is 0 Å². The maximum Gasteiger partial charge on any atom is 0.226 e. The third-order valence-electron chi connectivity index (χ3n) is 7.64. The van der Waals surface area contributed by atoms with E-state index < -0.39 is 0 Å². The topological polar surface area (TPSA) is 23.6 Å². The Morgan fingerprint density at radius 2 is 1.45 bits per heavy atom. The van der Waals surface area contributed by atoms with Crippen molar-refractivity contribution < 1.29 is 4.79 Å². The number of nitrogens with zero attached hydrogens (tertiary/aromatic N) is 2. The van der Waals surface area contributed by atoms with E-state index in [1.54, 1.807) is 0 Å². The average molecular weight is 302 g/mol. The fourth-order valence-electron chi connectivity index (χ4n) is 6.89. The lowest BCUT2D eigenvalue weighted by Gasteiger charge is -2.54. The molecular formula is C19H30N2O. The van der Waals surface area contributed by atoms with Crippen LogP contribution in [0.5, 0.6) is 0 Å². The van der Waals surface area contributed by atoms with E-state index in [9.17, 15) is 4.79 Å². The second kappa shape index (κ2) is 5.22. The smallest absolute Gasteiger partial charge is 0.226 e. The monoisotopic (exact) mass is 302 g/mol. The third kappa shape index (κ3) is 2.15. The van der Waals surface area contributed by atoms with E-state index in [4.69, 9.17) is 0 Å². The van der Waals surface area contributed by atoms with Crippen LogP contribution in [0.15, 0.2) is 0 Å². The molecule has 3 heteroatoms. The van der Waals surface area contributed by atoms with Crippen molar-refractivity contribution in [2.75, 3.05) is 26.2 Å². The Kier molecular flexibility index (Phi) is 3.28. The van der Waals surface area contributed by atoms with Crippen molar-refractivity contribution >= 4 is 5.91 Å². The fourth-order valence-corrected chi connectivity index (χ4v) is 6.89. The maximum atomic E-state index is 13.2. The predicted octanol–water partition coefficient (Wildman–Crippen LogP) is 2.76. The van der Waals surface area contributed by atoms with Crippen LogP contribution in [0.3, 0.4) is 0 Å². The van der Waals surface area contributed by atoms with Gasteiger partial charge < -0.3 is 4.90 Å². The molecule has 3 nitrogen and oxygen atoms in total. The highest BCUT2D eigenvalue weighted by Crippen LogP contribution is 2.57. The van der Waals surface area contributed by atoms with E-state index in [0.717, 1.165) is 36.8 Å². The molecule has 0 aromatic rings. The first-order chi connectivity index (χ1) is 10.8. The van der Waals surface area contributed by atoms with Gasteiger partial charge in [-0.25, -0.2) is 0 Å². The minimum absolute atomic E-state index is 0.408. The Balaban J connectivity index is 1.27. The lowest BCUT2D eigenvalue weighted by molar-refractivity contribution is -0.148. The number of carbonyl (C=O) groups excluding carboxylic acids is 1. The van der Waals surface area contributed by atoms with Gasteiger partial charge in [-0.3, -0.25) is 9.69 Å². The van der Waals surface area contributed by atoms with E-state index in [1.807, 2.05) is 0 Å². The average Bonchev–Trinajstić information content (AvgIpc) is 3.17. The summed E-state index contributed by atoms with van der Waals surface area (Å²) < 4.78 is 0. The molecule has 2 aliphatic heterocycles. The molecule has 1 atom stereocenters. The van der Waals surface area contributed by atoms with Crippen LogP contribution in [-0.2, 0) is 4.79 Å². The van der Waals surface area contributed by atoms with Gasteiger partial charge in [-0.2, -0.15) is 0 Å². The molecule has 0 spiro atoms. The van der Waals surface area contributed by atoms with Crippen LogP contribution < -0.4 is 0 Å². The van der Waals surface area contributed by atoms with E-state index in [2.05, 4.69) is 9.80 Å². The molecule has 1 unspecified atom stereocenters. The standard InChI is InChI=1S/C19H30N2O/c22-19(21-6-3-17(12-21)20-4-1-2-5-20)18-15-8-13-7-14(10-15)11-16(18)9-13/h13-18H,1-12H2. The highest BCUT2D eigenvalue weighted by atomic mass is 16.2. The summed E-state index contributed by atoms with van der Waals surface area (Å²) in [7, 11) is 0. The van der Waals surface area contributed by atoms with Crippen molar-refractivity contribution in [3.63, 3.8) is 0 Å². The molecule has 2 heterocycles. The first-order valence-corrected chi connectivity index (χ1v) is 9.81. The SMILES string of the molecule is O=C(C1C2CC3CC(C2)CC1C3)N1CCC(N2CCCC2)C1. The molecule has 2 saturated heterocycles. The van der Waals surface area contributed by atoms with Gasteiger partial charge in [0.15, 0.2) is 0 Å². The predicted molar refractivity (Wildman–Crippen MR) is 86.3 cm³/mol. The van der Waals surface area contributed by atoms with Crippen LogP contribution in [0.1, 0.15) is 51.4 Å². The highest BCUT2D eigenvalue weighted by Gasteiger charge is 2.52. The molecular weight excluding hydrogens is 272 g/mol. The van der Waals surface area contributed by atoms with Crippen LogP contribution in [0.4, 0.5) is 0 Å². The number of carbonyl (C=O) groups is 1. The molecule has 4 aliphatic carbocycles. The summed E-state index contributed by atoms with van der Waals surface area (Å²) in [6.07, 6.45) is 10.9. The van der Waals surface area contributed by atoms with Gasteiger partial charge >= 0.3 is 0 Å². The van der Waals surface area contributed by atoms with Gasteiger partial charge in [0.1, 0.15) is 0 Å². The molecule has 0 aromatic heterocycles. The molecule has 0 aromatic carbocycles. The lowest BCUT2D eigenvalue weighted by Crippen LogP contribution is -2.52. The Morgan fingerprint density at radius 1 is 0.818 bits per heavy atom. The molecule has 0 N–H and O–H groups in total. The first-order valence-electron chi connectivity index (χ1n) is 9.81. The summed E-state index contributed by atoms with van der Waals surface area (Å²) in [5.41, 5.74) is 0. The zero-order valence-electron chi connectivity index (χ0n) is 13.8. The van der Waals surface area contributed by atoms with Crippen LogP contribution in [-0.4, -0.2) is 47.9 Å². The van der Waals surface area contributed by atoms with Crippen LogP contribution in [0.25, 0.3) is 0 Å². The number of hydrogen-bond acceptors (Lipinski definition) is 2. The summed E-state index contributed by atoms with van der Waals surface area (Å²) in [5, 5.41) is 0. The number of likely N-dealkylation sites (tertiary alicyclic amines) is 2. The first kappa shape index (κ1) is 13.8. The second-order valence-corrected chi connectivity index (χ2v) is 8.93. The highest BCUT2D eigenvalue weighted by molar-refractivity contribution is 5.80. The third-order valence-corrected chi connectivity index (χ3v) is 7.64. The molecule has 6 fully saturated rings. The zero-order valence-corrected chi connectivity index (χ0v) is 13.8. The van der Waals surface area contributed by atoms with E-state index in [0.29, 0.717) is 17.9 Å². The van der Waals surface area contributed by atoms with Gasteiger partial charge in [-0.15, -0.1) is 0 Å². The van der Waals surface area contributed by atoms with E-state index in [-0.39, 0.29) is 0 Å². The molecule has 1 amide bonds. The largest absolute Gasteiger partial charge is 0.341 e. The van der Waals surface area contributed by atoms with Gasteiger partial charge in [-0.1, -0.05) is 0 Å². The Morgan fingerprint density at radius 3 is 2.09 bits per heavy atom. The normalized spacial score (nSPS) is 47.5. The molecule has 0 radical (unpaired) electrons. The fraction of sp³-hybridized carbons (Fsp3) is 0.947. The number of amides is 1. The van der Waals surface area contributed by atoms with Gasteiger partial charge in [0.2, 0.25) is 5.91 Å². The Hall–Kier alpha value is -0.570. The maximum absolute atomic E-state index is 13.2. The zero-order chi connectivity index (χ0) is 14.7. The van der Waals surface area contributed by atoms with E-state index >= 15 is 0 Å². The van der Waals surface area contributed by atoms with Gasteiger partial charge in [0.25, 0.3) is 0 Å². The summed E-state index contributed by atoms with van der Waals surface area (Å²) >= 11 is 0. The summed E-state index contributed by atoms with van der Waals surface area (Å²) in [4.78, 5) is 18.1. The summed E-state index contributed by atoms with van der Waals surface area (Å²) in [5.74, 6) is 4.40. The molecule has 4 saturated carbocycles. The Bertz CT molecular complexity index is 428. The van der Waals surface area contributed by atoms with E-state index in [1.165, 1.54) is 64.5 Å². The van der Waals surface area contributed by atoms with Crippen LogP contribution >= 0.6 is 0 Å². The van der Waals surface area contributed by atoms with Crippen molar-refractivity contribution in [2.24, 2.45) is 29.6 Å². The minimum Gasteiger partial charge on any atom is -0.341 e. The van der Waals surface area contributed by atoms with Gasteiger partial charge in [0, 0.05) is 25.0 Å².